The second kappa shape index (κ2) is 14.2. The molecule has 0 heterocycles. The highest BCUT2D eigenvalue weighted by Crippen LogP contribution is 2.54. The Morgan fingerprint density at radius 2 is 1.58 bits per heavy atom. The summed E-state index contributed by atoms with van der Waals surface area (Å²) < 4.78 is 0. The van der Waals surface area contributed by atoms with Gasteiger partial charge in [0.05, 0.1) is 17.1 Å². The van der Waals surface area contributed by atoms with Crippen molar-refractivity contribution in [3.05, 3.63) is 157 Å². The molecule has 0 atom stereocenters. The van der Waals surface area contributed by atoms with E-state index in [1.807, 2.05) is 30.5 Å². The molecule has 0 aliphatic heterocycles. The van der Waals surface area contributed by atoms with Crippen LogP contribution < -0.4 is 21.5 Å². The number of hydrogen-bond donors (Lipinski definition) is 3. The lowest BCUT2D eigenvalue weighted by Crippen LogP contribution is -2.32. The fourth-order valence-electron chi connectivity index (χ4n) is 7.06. The highest BCUT2D eigenvalue weighted by atomic mass is 15.5. The lowest BCUT2D eigenvalue weighted by molar-refractivity contribution is 0.661. The van der Waals surface area contributed by atoms with Crippen molar-refractivity contribution in [1.29, 1.82) is 0 Å². The molecule has 3 aliphatic rings. The Morgan fingerprint density at radius 3 is 2.28 bits per heavy atom. The molecule has 4 N–H and O–H groups in total. The number of nitrogens with one attached hydrogen (secondary N) is 2. The molecule has 3 aliphatic carbocycles. The van der Waals surface area contributed by atoms with Crippen LogP contribution in [0, 0.1) is 5.92 Å². The Labute approximate surface area is 298 Å². The number of rotatable bonds is 12. The van der Waals surface area contributed by atoms with E-state index in [4.69, 9.17) is 5.73 Å². The minimum Gasteiger partial charge on any atom is -0.399 e. The molecule has 4 nitrogen and oxygen atoms in total. The number of hydrazine groups is 1. The Morgan fingerprint density at radius 1 is 0.820 bits per heavy atom. The van der Waals surface area contributed by atoms with E-state index in [0.717, 1.165) is 40.4 Å². The van der Waals surface area contributed by atoms with Gasteiger partial charge in [-0.05, 0) is 124 Å². The zero-order chi connectivity index (χ0) is 35.6. The van der Waals surface area contributed by atoms with Gasteiger partial charge in [0.2, 0.25) is 0 Å². The molecule has 0 saturated carbocycles. The molecular weight excluding hydrogens is 609 g/mol. The van der Waals surface area contributed by atoms with Crippen LogP contribution in [0.15, 0.2) is 140 Å². The van der Waals surface area contributed by atoms with Crippen molar-refractivity contribution in [3.63, 3.8) is 0 Å². The SMILES string of the molecule is C=C/C=C\NN(C(/C=C\CC(C)C)=C/C=C)c1cccc2c3cc4c(cc3c(Nc3ccc(C(C)C)cc3)c-2c1)-c1ccc(N)cc1C4(C)C. The van der Waals surface area contributed by atoms with Gasteiger partial charge in [0, 0.05) is 33.9 Å². The summed E-state index contributed by atoms with van der Waals surface area (Å²) in [4.78, 5) is 0. The van der Waals surface area contributed by atoms with Crippen molar-refractivity contribution < 1.29 is 0 Å². The second-order valence-corrected chi connectivity index (χ2v) is 14.5. The summed E-state index contributed by atoms with van der Waals surface area (Å²) in [5, 5.41) is 8.39. The van der Waals surface area contributed by atoms with Crippen LogP contribution in [-0.4, -0.2) is 0 Å². The molecule has 0 radical (unpaired) electrons. The summed E-state index contributed by atoms with van der Waals surface area (Å²) in [5.74, 6) is 1.02. The lowest BCUT2D eigenvalue weighted by Gasteiger charge is -2.25. The van der Waals surface area contributed by atoms with E-state index in [1.54, 1.807) is 6.08 Å². The van der Waals surface area contributed by atoms with Crippen molar-refractivity contribution in [1.82, 2.24) is 5.43 Å². The van der Waals surface area contributed by atoms with Crippen LogP contribution in [0.1, 0.15) is 70.6 Å². The standard InChI is InChI=1S/C46H50N4/c1-9-11-25-48-50(35(14-10-2)16-12-15-30(3)4)36-17-13-18-37-39-29-44-40(38-24-21-33(47)26-43(38)46(44,7)8)28-42(39)45(41(37)27-36)49-34-22-19-32(20-23-34)31(5)6/h9-14,16-31,48-49H,1-2,15,47H2,3-8H3/b16-12-,25-11-,35-14+. The van der Waals surface area contributed by atoms with Crippen LogP contribution in [0.4, 0.5) is 22.7 Å². The summed E-state index contributed by atoms with van der Waals surface area (Å²) in [7, 11) is 0. The fraction of sp³-hybridized carbons (Fsp3) is 0.217. The molecular formula is C46H50N4. The summed E-state index contributed by atoms with van der Waals surface area (Å²) >= 11 is 0. The Bertz CT molecular complexity index is 2110. The molecule has 0 fully saturated rings. The lowest BCUT2D eigenvalue weighted by atomic mass is 9.82. The molecule has 0 saturated heterocycles. The van der Waals surface area contributed by atoms with Crippen molar-refractivity contribution in [2.24, 2.45) is 5.92 Å². The van der Waals surface area contributed by atoms with Gasteiger partial charge in [-0.2, -0.15) is 0 Å². The molecule has 6 rings (SSSR count). The summed E-state index contributed by atoms with van der Waals surface area (Å²) in [6.45, 7) is 21.4. The number of hydrogen-bond acceptors (Lipinski definition) is 4. The van der Waals surface area contributed by atoms with Crippen molar-refractivity contribution in [2.75, 3.05) is 16.1 Å². The summed E-state index contributed by atoms with van der Waals surface area (Å²) in [5.41, 5.74) is 23.3. The number of nitrogen functional groups attached to an aromatic ring is 1. The Hall–Kier alpha value is -5.48. The molecule has 0 spiro atoms. The minimum absolute atomic E-state index is 0.175. The molecule has 0 bridgehead atoms. The van der Waals surface area contributed by atoms with Gasteiger partial charge in [-0.15, -0.1) is 0 Å². The first-order chi connectivity index (χ1) is 24.0. The van der Waals surface area contributed by atoms with Crippen LogP contribution >= 0.6 is 0 Å². The second-order valence-electron chi connectivity index (χ2n) is 14.5. The number of nitrogens with two attached hydrogens (primary N) is 1. The van der Waals surface area contributed by atoms with E-state index in [1.165, 1.54) is 44.2 Å². The van der Waals surface area contributed by atoms with Gasteiger partial charge < -0.3 is 16.5 Å². The Kier molecular flexibility index (Phi) is 9.74. The van der Waals surface area contributed by atoms with Gasteiger partial charge in [0.25, 0.3) is 0 Å². The van der Waals surface area contributed by atoms with Gasteiger partial charge in [0.1, 0.15) is 0 Å². The van der Waals surface area contributed by atoms with E-state index in [9.17, 15) is 0 Å². The van der Waals surface area contributed by atoms with Crippen molar-refractivity contribution >= 4 is 33.5 Å². The van der Waals surface area contributed by atoms with Crippen molar-refractivity contribution in [2.45, 2.75) is 59.3 Å². The minimum atomic E-state index is -0.175. The van der Waals surface area contributed by atoms with Crippen LogP contribution in [0.2, 0.25) is 0 Å². The maximum Gasteiger partial charge on any atom is 0.0637 e. The normalized spacial score (nSPS) is 13.8. The van der Waals surface area contributed by atoms with Gasteiger partial charge in [0.15, 0.2) is 0 Å². The van der Waals surface area contributed by atoms with Crippen LogP contribution in [-0.2, 0) is 5.41 Å². The highest BCUT2D eigenvalue weighted by molar-refractivity contribution is 6.16. The van der Waals surface area contributed by atoms with E-state index < -0.39 is 0 Å². The smallest absolute Gasteiger partial charge is 0.0637 e. The summed E-state index contributed by atoms with van der Waals surface area (Å²) in [6, 6.07) is 28.8. The van der Waals surface area contributed by atoms with Crippen molar-refractivity contribution in [3.8, 4) is 22.3 Å². The fourth-order valence-corrected chi connectivity index (χ4v) is 7.06. The number of benzene rings is 3. The van der Waals surface area contributed by atoms with Crippen LogP contribution in [0.25, 0.3) is 33.0 Å². The molecule has 3 aromatic carbocycles. The number of allylic oxidation sites excluding steroid dienone is 6. The molecule has 0 amide bonds. The third-order valence-electron chi connectivity index (χ3n) is 9.76. The molecule has 0 unspecified atom stereocenters. The topological polar surface area (TPSA) is 53.3 Å². The van der Waals surface area contributed by atoms with E-state index in [-0.39, 0.29) is 5.41 Å². The first-order valence-corrected chi connectivity index (χ1v) is 17.7. The molecule has 254 valence electrons. The zero-order valence-corrected chi connectivity index (χ0v) is 30.3. The van der Waals surface area contributed by atoms with E-state index >= 15 is 0 Å². The largest absolute Gasteiger partial charge is 0.399 e. The Balaban J connectivity index is 1.59. The molecule has 50 heavy (non-hydrogen) atoms. The van der Waals surface area contributed by atoms with E-state index in [2.05, 4.69) is 155 Å². The third kappa shape index (κ3) is 6.58. The highest BCUT2D eigenvalue weighted by Gasteiger charge is 2.37. The molecule has 4 heteroatoms. The van der Waals surface area contributed by atoms with Gasteiger partial charge in [-0.3, -0.25) is 5.01 Å². The predicted octanol–water partition coefficient (Wildman–Crippen LogP) is 12.4. The van der Waals surface area contributed by atoms with Gasteiger partial charge in [-0.1, -0.05) is 103 Å². The zero-order valence-electron chi connectivity index (χ0n) is 30.3. The first kappa shape index (κ1) is 34.4. The van der Waals surface area contributed by atoms with Gasteiger partial charge in [-0.25, -0.2) is 0 Å². The number of anilines is 4. The first-order valence-electron chi connectivity index (χ1n) is 17.7. The molecule has 0 aromatic heterocycles. The average molecular weight is 659 g/mol. The quantitative estimate of drug-likeness (QED) is 0.0709. The number of nitrogens with zero attached hydrogens (tertiary/aromatic N) is 1. The van der Waals surface area contributed by atoms with Gasteiger partial charge >= 0.3 is 0 Å². The van der Waals surface area contributed by atoms with E-state index in [0.29, 0.717) is 11.8 Å². The third-order valence-corrected chi connectivity index (χ3v) is 9.76. The van der Waals surface area contributed by atoms with Crippen LogP contribution in [0.3, 0.4) is 0 Å². The average Bonchev–Trinajstić information content (AvgIpc) is 3.34. The number of fused-ring (bicyclic) bond motifs is 6. The molecule has 3 aromatic rings. The maximum atomic E-state index is 6.31. The monoisotopic (exact) mass is 658 g/mol. The van der Waals surface area contributed by atoms with Crippen LogP contribution in [0.5, 0.6) is 0 Å². The maximum absolute atomic E-state index is 6.31. The summed E-state index contributed by atoms with van der Waals surface area (Å²) in [6.07, 6.45) is 14.8. The predicted molar refractivity (Wildman–Crippen MR) is 218 cm³/mol.